The number of rotatable bonds is 3. The minimum Gasteiger partial charge on any atom is -0.308 e. The van der Waals surface area contributed by atoms with Crippen LogP contribution in [0.3, 0.4) is 0 Å². The minimum atomic E-state index is -0.175. The highest BCUT2D eigenvalue weighted by Crippen LogP contribution is 2.32. The Morgan fingerprint density at radius 3 is 2.71 bits per heavy atom. The van der Waals surface area contributed by atoms with E-state index in [4.69, 9.17) is 0 Å². The molecule has 17 heavy (non-hydrogen) atoms. The smallest absolute Gasteiger partial charge is 0.250 e. The standard InChI is InChI=1S/C11H7Br2NO2S/c12-9-5-7(11(13)17-9)8(15)6-14-4-2-1-3-10(14)16/h1-5H,6H2. The van der Waals surface area contributed by atoms with Gasteiger partial charge in [-0.25, -0.2) is 0 Å². The van der Waals surface area contributed by atoms with E-state index in [-0.39, 0.29) is 17.9 Å². The molecular formula is C11H7Br2NO2S. The molecule has 0 bridgehead atoms. The van der Waals surface area contributed by atoms with Crippen molar-refractivity contribution in [2.45, 2.75) is 6.54 Å². The molecule has 88 valence electrons. The quantitative estimate of drug-likeness (QED) is 0.771. The van der Waals surface area contributed by atoms with Crippen molar-refractivity contribution >= 4 is 49.0 Å². The van der Waals surface area contributed by atoms with E-state index in [9.17, 15) is 9.59 Å². The fraction of sp³-hybridized carbons (Fsp3) is 0.0909. The van der Waals surface area contributed by atoms with Crippen LogP contribution in [-0.4, -0.2) is 10.4 Å². The van der Waals surface area contributed by atoms with Gasteiger partial charge < -0.3 is 4.57 Å². The van der Waals surface area contributed by atoms with Crippen molar-refractivity contribution in [2.24, 2.45) is 0 Å². The average molecular weight is 377 g/mol. The lowest BCUT2D eigenvalue weighted by Gasteiger charge is -2.03. The SMILES string of the molecule is O=C(Cn1ccccc1=O)c1cc(Br)sc1Br. The molecule has 0 spiro atoms. The number of thiophene rings is 1. The highest BCUT2D eigenvalue weighted by molar-refractivity contribution is 9.12. The van der Waals surface area contributed by atoms with Crippen LogP contribution >= 0.6 is 43.2 Å². The van der Waals surface area contributed by atoms with Gasteiger partial charge in [0.2, 0.25) is 0 Å². The van der Waals surface area contributed by atoms with E-state index in [1.165, 1.54) is 22.0 Å². The predicted molar refractivity (Wildman–Crippen MR) is 74.8 cm³/mol. The number of carbonyl (C=O) groups excluding carboxylic acids is 1. The van der Waals surface area contributed by atoms with Crippen molar-refractivity contribution in [3.63, 3.8) is 0 Å². The molecule has 0 saturated carbocycles. The molecule has 0 unspecified atom stereocenters. The molecule has 6 heteroatoms. The maximum absolute atomic E-state index is 12.0. The molecule has 2 aromatic heterocycles. The highest BCUT2D eigenvalue weighted by atomic mass is 79.9. The summed E-state index contributed by atoms with van der Waals surface area (Å²) in [6.45, 7) is 0.0570. The van der Waals surface area contributed by atoms with Crippen LogP contribution in [0, 0.1) is 0 Å². The molecular weight excluding hydrogens is 370 g/mol. The first kappa shape index (κ1) is 12.7. The Bertz CT molecular complexity index is 618. The normalized spacial score (nSPS) is 10.5. The average Bonchev–Trinajstić information content (AvgIpc) is 2.61. The molecule has 0 aliphatic heterocycles. The van der Waals surface area contributed by atoms with Crippen LogP contribution in [0.5, 0.6) is 0 Å². The second-order valence-corrected chi connectivity index (χ2v) is 7.08. The van der Waals surface area contributed by atoms with Crippen LogP contribution in [0.4, 0.5) is 0 Å². The van der Waals surface area contributed by atoms with Crippen molar-refractivity contribution in [1.82, 2.24) is 4.57 Å². The number of ketones is 1. The largest absolute Gasteiger partial charge is 0.308 e. The zero-order chi connectivity index (χ0) is 12.4. The van der Waals surface area contributed by atoms with Crippen molar-refractivity contribution < 1.29 is 4.79 Å². The van der Waals surface area contributed by atoms with E-state index in [2.05, 4.69) is 31.9 Å². The fourth-order valence-electron chi connectivity index (χ4n) is 1.36. The third-order valence-electron chi connectivity index (χ3n) is 2.17. The van der Waals surface area contributed by atoms with Gasteiger partial charge >= 0.3 is 0 Å². The minimum absolute atomic E-state index is 0.0570. The van der Waals surface area contributed by atoms with Gasteiger partial charge in [-0.3, -0.25) is 9.59 Å². The molecule has 2 rings (SSSR count). The fourth-order valence-corrected chi connectivity index (χ4v) is 4.22. The van der Waals surface area contributed by atoms with Gasteiger partial charge in [-0.05, 0) is 44.0 Å². The zero-order valence-corrected chi connectivity index (χ0v) is 12.5. The van der Waals surface area contributed by atoms with Gasteiger partial charge in [0.15, 0.2) is 5.78 Å². The first-order chi connectivity index (χ1) is 8.08. The number of Topliss-reactive ketones (excluding diaryl/α,β-unsaturated/α-hetero) is 1. The second-order valence-electron chi connectivity index (χ2n) is 3.33. The lowest BCUT2D eigenvalue weighted by Crippen LogP contribution is -2.22. The van der Waals surface area contributed by atoms with Crippen LogP contribution < -0.4 is 5.56 Å². The highest BCUT2D eigenvalue weighted by Gasteiger charge is 2.14. The number of aromatic nitrogens is 1. The van der Waals surface area contributed by atoms with Crippen LogP contribution in [0.2, 0.25) is 0 Å². The number of halogens is 2. The number of pyridine rings is 1. The van der Waals surface area contributed by atoms with Crippen LogP contribution in [0.1, 0.15) is 10.4 Å². The first-order valence-corrected chi connectivity index (χ1v) is 7.11. The van der Waals surface area contributed by atoms with Crippen molar-refractivity contribution in [3.8, 4) is 0 Å². The van der Waals surface area contributed by atoms with Crippen molar-refractivity contribution in [3.05, 3.63) is 54.0 Å². The molecule has 0 N–H and O–H groups in total. The Morgan fingerprint density at radius 1 is 1.35 bits per heavy atom. The van der Waals surface area contributed by atoms with E-state index in [0.717, 1.165) is 7.57 Å². The third-order valence-corrected chi connectivity index (χ3v) is 4.51. The van der Waals surface area contributed by atoms with Gasteiger partial charge in [0, 0.05) is 17.8 Å². The third kappa shape index (κ3) is 2.94. The van der Waals surface area contributed by atoms with E-state index >= 15 is 0 Å². The number of carbonyl (C=O) groups is 1. The monoisotopic (exact) mass is 375 g/mol. The number of hydrogen-bond donors (Lipinski definition) is 0. The molecule has 2 heterocycles. The maximum Gasteiger partial charge on any atom is 0.250 e. The molecule has 0 atom stereocenters. The van der Waals surface area contributed by atoms with Gasteiger partial charge in [0.1, 0.15) is 0 Å². The molecule has 0 aliphatic rings. The molecule has 0 radical (unpaired) electrons. The summed E-state index contributed by atoms with van der Waals surface area (Å²) < 4.78 is 3.05. The zero-order valence-electron chi connectivity index (χ0n) is 8.52. The Labute approximate surface area is 118 Å². The summed E-state index contributed by atoms with van der Waals surface area (Å²) in [6.07, 6.45) is 1.61. The molecule has 0 fully saturated rings. The van der Waals surface area contributed by atoms with E-state index < -0.39 is 0 Å². The van der Waals surface area contributed by atoms with Crippen LogP contribution in [0.25, 0.3) is 0 Å². The summed E-state index contributed by atoms with van der Waals surface area (Å²) in [6, 6.07) is 6.57. The molecule has 0 saturated heterocycles. The van der Waals surface area contributed by atoms with Gasteiger partial charge in [-0.2, -0.15) is 0 Å². The Hall–Kier alpha value is -0.720. The number of hydrogen-bond acceptors (Lipinski definition) is 3. The van der Waals surface area contributed by atoms with E-state index in [1.54, 1.807) is 24.4 Å². The lowest BCUT2D eigenvalue weighted by molar-refractivity contribution is 0.0970. The van der Waals surface area contributed by atoms with E-state index in [0.29, 0.717) is 5.56 Å². The maximum atomic E-state index is 12.0. The van der Waals surface area contributed by atoms with Crippen LogP contribution in [0.15, 0.2) is 42.8 Å². The second kappa shape index (κ2) is 5.29. The Morgan fingerprint density at radius 2 is 2.12 bits per heavy atom. The van der Waals surface area contributed by atoms with Gasteiger partial charge in [0.05, 0.1) is 14.1 Å². The Balaban J connectivity index is 2.26. The number of nitrogens with zero attached hydrogens (tertiary/aromatic N) is 1. The van der Waals surface area contributed by atoms with Gasteiger partial charge in [0.25, 0.3) is 5.56 Å². The summed E-state index contributed by atoms with van der Waals surface area (Å²) in [5.74, 6) is -0.0906. The topological polar surface area (TPSA) is 39.1 Å². The summed E-state index contributed by atoms with van der Waals surface area (Å²) >= 11 is 8.09. The summed E-state index contributed by atoms with van der Waals surface area (Å²) in [7, 11) is 0. The molecule has 2 aromatic rings. The van der Waals surface area contributed by atoms with Crippen molar-refractivity contribution in [1.29, 1.82) is 0 Å². The summed E-state index contributed by atoms with van der Waals surface area (Å²) in [5.41, 5.74) is 0.420. The Kier molecular flexibility index (Phi) is 3.96. The molecule has 0 aliphatic carbocycles. The molecule has 0 amide bonds. The molecule has 3 nitrogen and oxygen atoms in total. The van der Waals surface area contributed by atoms with Crippen molar-refractivity contribution in [2.75, 3.05) is 0 Å². The molecule has 0 aromatic carbocycles. The van der Waals surface area contributed by atoms with Gasteiger partial charge in [-0.15, -0.1) is 11.3 Å². The van der Waals surface area contributed by atoms with E-state index in [1.807, 2.05) is 0 Å². The van der Waals surface area contributed by atoms with Crippen LogP contribution in [-0.2, 0) is 6.54 Å². The summed E-state index contributed by atoms with van der Waals surface area (Å²) in [4.78, 5) is 23.5. The first-order valence-electron chi connectivity index (χ1n) is 4.71. The lowest BCUT2D eigenvalue weighted by atomic mass is 10.2. The predicted octanol–water partition coefficient (Wildman–Crippen LogP) is 3.32. The summed E-state index contributed by atoms with van der Waals surface area (Å²) in [5, 5.41) is 0. The van der Waals surface area contributed by atoms with Gasteiger partial charge in [-0.1, -0.05) is 6.07 Å².